The Morgan fingerprint density at radius 1 is 0.800 bits per heavy atom. The van der Waals surface area contributed by atoms with Crippen molar-refractivity contribution in [1.29, 1.82) is 5.26 Å². The lowest BCUT2D eigenvalue weighted by Gasteiger charge is -2.16. The molecule has 10 heteroatoms. The number of hydrogen-bond acceptors (Lipinski definition) is 6. The smallest absolute Gasteiger partial charge is 0.279 e. The van der Waals surface area contributed by atoms with E-state index in [4.69, 9.17) is 5.26 Å². The summed E-state index contributed by atoms with van der Waals surface area (Å²) in [4.78, 5) is 11.8. The summed E-state index contributed by atoms with van der Waals surface area (Å²) in [6, 6.07) is 18.8. The van der Waals surface area contributed by atoms with Crippen LogP contribution in [0.15, 0.2) is 82.6 Å². The molecule has 8 nitrogen and oxygen atoms in total. The van der Waals surface area contributed by atoms with Gasteiger partial charge in [-0.15, -0.1) is 0 Å². The maximum Gasteiger partial charge on any atom is 0.279 e. The number of amides is 1. The summed E-state index contributed by atoms with van der Waals surface area (Å²) < 4.78 is 51.4. The zero-order valence-electron chi connectivity index (χ0n) is 15.2. The van der Waals surface area contributed by atoms with Crippen LogP contribution >= 0.6 is 0 Å². The van der Waals surface area contributed by atoms with Crippen molar-refractivity contribution >= 4 is 37.3 Å². The molecule has 1 N–H and O–H groups in total. The predicted molar refractivity (Wildman–Crippen MR) is 109 cm³/mol. The van der Waals surface area contributed by atoms with E-state index in [0.717, 1.165) is 0 Å². The lowest BCUT2D eigenvalue weighted by Crippen LogP contribution is -2.30. The third-order valence-corrected chi connectivity index (χ3v) is 8.88. The van der Waals surface area contributed by atoms with Crippen LogP contribution in [0, 0.1) is 11.3 Å². The van der Waals surface area contributed by atoms with Gasteiger partial charge in [-0.1, -0.05) is 12.1 Å². The van der Waals surface area contributed by atoms with E-state index in [9.17, 15) is 21.6 Å². The summed E-state index contributed by atoms with van der Waals surface area (Å²) in [6.45, 7) is 0. The van der Waals surface area contributed by atoms with Crippen LogP contribution in [0.1, 0.15) is 15.9 Å². The minimum Gasteiger partial charge on any atom is -0.322 e. The zero-order chi connectivity index (χ0) is 21.5. The monoisotopic (exact) mass is 439 g/mol. The van der Waals surface area contributed by atoms with E-state index >= 15 is 0 Å². The fourth-order valence-corrected chi connectivity index (χ4v) is 7.48. The average Bonchev–Trinajstić information content (AvgIpc) is 2.91. The van der Waals surface area contributed by atoms with E-state index in [0.29, 0.717) is 20.5 Å². The van der Waals surface area contributed by atoms with Crippen molar-refractivity contribution in [3.8, 4) is 6.07 Å². The second-order valence-electron chi connectivity index (χ2n) is 6.34. The summed E-state index contributed by atoms with van der Waals surface area (Å²) in [5.74, 6) is -0.430. The Morgan fingerprint density at radius 3 is 1.83 bits per heavy atom. The van der Waals surface area contributed by atoms with Gasteiger partial charge in [0.2, 0.25) is 0 Å². The van der Waals surface area contributed by atoms with Gasteiger partial charge in [-0.2, -0.15) is 25.8 Å². The number of nitriles is 1. The van der Waals surface area contributed by atoms with E-state index in [1.54, 1.807) is 0 Å². The third kappa shape index (κ3) is 3.10. The largest absolute Gasteiger partial charge is 0.322 e. The Balaban J connectivity index is 1.61. The summed E-state index contributed by atoms with van der Waals surface area (Å²) in [5.41, 5.74) is 1.03. The normalized spacial score (nSPS) is 15.8. The van der Waals surface area contributed by atoms with Crippen LogP contribution in [0.2, 0.25) is 0 Å². The van der Waals surface area contributed by atoms with Crippen molar-refractivity contribution in [2.75, 3.05) is 9.03 Å². The quantitative estimate of drug-likeness (QED) is 0.669. The van der Waals surface area contributed by atoms with E-state index in [1.165, 1.54) is 72.8 Å². The number of hydrogen-bond donors (Lipinski definition) is 1. The molecule has 1 aliphatic rings. The predicted octanol–water partition coefficient (Wildman–Crippen LogP) is 2.71. The van der Waals surface area contributed by atoms with Gasteiger partial charge in [0.25, 0.3) is 26.0 Å². The molecule has 1 aliphatic heterocycles. The molecule has 0 saturated carbocycles. The second kappa shape index (κ2) is 6.98. The van der Waals surface area contributed by atoms with Gasteiger partial charge in [0.1, 0.15) is 9.79 Å². The molecule has 0 atom stereocenters. The van der Waals surface area contributed by atoms with Crippen LogP contribution < -0.4 is 9.03 Å². The third-order valence-electron chi connectivity index (χ3n) is 4.45. The molecule has 0 aliphatic carbocycles. The van der Waals surface area contributed by atoms with Crippen molar-refractivity contribution in [1.82, 2.24) is 0 Å². The topological polar surface area (TPSA) is 124 Å². The first-order chi connectivity index (χ1) is 14.2. The number of rotatable bonds is 3. The number of benzene rings is 3. The van der Waals surface area contributed by atoms with Crippen LogP contribution in [-0.2, 0) is 20.0 Å². The molecule has 1 heterocycles. The molecule has 30 heavy (non-hydrogen) atoms. The fraction of sp³-hybridized carbons (Fsp3) is 0. The maximum atomic E-state index is 12.8. The van der Waals surface area contributed by atoms with Gasteiger partial charge < -0.3 is 5.32 Å². The Bertz CT molecular complexity index is 1350. The molecular weight excluding hydrogens is 426 g/mol. The molecule has 4 rings (SSSR count). The highest BCUT2D eigenvalue weighted by molar-refractivity contribution is 8.12. The number of sulfonamides is 2. The van der Waals surface area contributed by atoms with Crippen LogP contribution in [0.3, 0.4) is 0 Å². The highest BCUT2D eigenvalue weighted by Gasteiger charge is 2.47. The molecule has 0 unspecified atom stereocenters. The van der Waals surface area contributed by atoms with Gasteiger partial charge in [-0.25, -0.2) is 0 Å². The standard InChI is InChI=1S/C20H13N3O5S2/c21-13-14-5-7-15(8-6-14)20(24)22-16-9-11-17(12-10-16)23-29(25,26)18-3-1-2-4-19(18)30(23,27)28/h1-12H,(H,22,24). The average molecular weight is 439 g/mol. The summed E-state index contributed by atoms with van der Waals surface area (Å²) in [7, 11) is -8.52. The fourth-order valence-electron chi connectivity index (χ4n) is 3.03. The molecule has 1 amide bonds. The Kier molecular flexibility index (Phi) is 4.57. The minimum absolute atomic E-state index is 0.0671. The van der Waals surface area contributed by atoms with Crippen LogP contribution in [0.5, 0.6) is 0 Å². The van der Waals surface area contributed by atoms with Gasteiger partial charge in [-0.05, 0) is 60.7 Å². The molecule has 3 aromatic rings. The summed E-state index contributed by atoms with van der Waals surface area (Å²) >= 11 is 0. The molecule has 0 radical (unpaired) electrons. The van der Waals surface area contributed by atoms with Gasteiger partial charge in [-0.3, -0.25) is 4.79 Å². The first-order valence-corrected chi connectivity index (χ1v) is 11.4. The number of nitrogens with zero attached hydrogens (tertiary/aromatic N) is 2. The van der Waals surface area contributed by atoms with Crippen LogP contribution in [0.4, 0.5) is 11.4 Å². The van der Waals surface area contributed by atoms with Crippen molar-refractivity contribution < 1.29 is 21.6 Å². The Labute approximate surface area is 173 Å². The Morgan fingerprint density at radius 2 is 1.33 bits per heavy atom. The summed E-state index contributed by atoms with van der Waals surface area (Å²) in [5, 5.41) is 11.4. The zero-order valence-corrected chi connectivity index (χ0v) is 16.8. The minimum atomic E-state index is -4.26. The van der Waals surface area contributed by atoms with E-state index in [-0.39, 0.29) is 15.5 Å². The summed E-state index contributed by atoms with van der Waals surface area (Å²) in [6.07, 6.45) is 0. The van der Waals surface area contributed by atoms with Gasteiger partial charge >= 0.3 is 0 Å². The highest BCUT2D eigenvalue weighted by atomic mass is 32.3. The molecule has 0 spiro atoms. The molecule has 0 aromatic heterocycles. The van der Waals surface area contributed by atoms with Crippen molar-refractivity contribution in [3.05, 3.63) is 83.9 Å². The van der Waals surface area contributed by atoms with E-state index in [2.05, 4.69) is 5.32 Å². The van der Waals surface area contributed by atoms with Crippen molar-refractivity contribution in [3.63, 3.8) is 0 Å². The number of carbonyl (C=O) groups is 1. The van der Waals surface area contributed by atoms with Crippen molar-refractivity contribution in [2.45, 2.75) is 9.79 Å². The molecular formula is C20H13N3O5S2. The molecule has 0 saturated heterocycles. The van der Waals surface area contributed by atoms with Crippen LogP contribution in [-0.4, -0.2) is 22.7 Å². The van der Waals surface area contributed by atoms with Crippen LogP contribution in [0.25, 0.3) is 0 Å². The molecule has 3 aromatic carbocycles. The number of anilines is 2. The number of fused-ring (bicyclic) bond motifs is 1. The molecule has 150 valence electrons. The number of nitrogens with one attached hydrogen (secondary N) is 1. The second-order valence-corrected chi connectivity index (χ2v) is 10.1. The first kappa shape index (κ1) is 19.6. The van der Waals surface area contributed by atoms with Gasteiger partial charge in [0.05, 0.1) is 17.3 Å². The van der Waals surface area contributed by atoms with Crippen molar-refractivity contribution in [2.24, 2.45) is 0 Å². The lowest BCUT2D eigenvalue weighted by molar-refractivity contribution is 0.102. The van der Waals surface area contributed by atoms with Gasteiger partial charge in [0.15, 0.2) is 0 Å². The Hall–Kier alpha value is -3.68. The highest BCUT2D eigenvalue weighted by Crippen LogP contribution is 2.40. The van der Waals surface area contributed by atoms with E-state index < -0.39 is 26.0 Å². The van der Waals surface area contributed by atoms with Gasteiger partial charge in [0, 0.05) is 11.3 Å². The molecule has 0 fully saturated rings. The maximum absolute atomic E-state index is 12.8. The van der Waals surface area contributed by atoms with E-state index in [1.807, 2.05) is 6.07 Å². The SMILES string of the molecule is N#Cc1ccc(C(=O)Nc2ccc(N3S(=O)(=O)c4ccccc4S3(=O)=O)cc2)cc1. The molecule has 0 bridgehead atoms. The number of carbonyl (C=O) groups excluding carboxylic acids is 1. The first-order valence-electron chi connectivity index (χ1n) is 8.56. The lowest BCUT2D eigenvalue weighted by atomic mass is 10.1.